The molecule has 0 aromatic heterocycles. The average Bonchev–Trinajstić information content (AvgIpc) is 2.30. The van der Waals surface area contributed by atoms with Gasteiger partial charge < -0.3 is 14.2 Å². The van der Waals surface area contributed by atoms with E-state index in [9.17, 15) is 0 Å². The first-order chi connectivity index (χ1) is 7.72. The van der Waals surface area contributed by atoms with Gasteiger partial charge in [0.05, 0.1) is 20.8 Å². The lowest BCUT2D eigenvalue weighted by molar-refractivity contribution is 0.270. The highest BCUT2D eigenvalue weighted by Gasteiger charge is 2.12. The van der Waals surface area contributed by atoms with Gasteiger partial charge in [-0.3, -0.25) is 0 Å². The predicted molar refractivity (Wildman–Crippen MR) is 64.7 cm³/mol. The van der Waals surface area contributed by atoms with Gasteiger partial charge in [0.2, 0.25) is 5.75 Å². The highest BCUT2D eigenvalue weighted by molar-refractivity contribution is 5.53. The Balaban J connectivity index is 2.93. The predicted octanol–water partition coefficient (Wildman–Crippen LogP) is 3.19. The summed E-state index contributed by atoms with van der Waals surface area (Å²) in [6.45, 7) is 4.82. The molecule has 90 valence electrons. The van der Waals surface area contributed by atoms with Crippen molar-refractivity contribution < 1.29 is 14.2 Å². The average molecular weight is 224 g/mol. The van der Waals surface area contributed by atoms with Crippen LogP contribution in [0.15, 0.2) is 12.1 Å². The van der Waals surface area contributed by atoms with Crippen molar-refractivity contribution >= 4 is 0 Å². The molecule has 0 aliphatic rings. The summed E-state index contributed by atoms with van der Waals surface area (Å²) in [6, 6.07) is 3.90. The monoisotopic (exact) mass is 224 g/mol. The Kier molecular flexibility index (Phi) is 4.96. The van der Waals surface area contributed by atoms with Crippen molar-refractivity contribution in [2.75, 3.05) is 20.8 Å². The Morgan fingerprint density at radius 2 is 1.62 bits per heavy atom. The SMILES string of the molecule is CCCCOc1c(OC)cc(C)cc1OC. The molecular weight excluding hydrogens is 204 g/mol. The molecule has 0 N–H and O–H groups in total. The van der Waals surface area contributed by atoms with Gasteiger partial charge in [0.15, 0.2) is 11.5 Å². The number of aryl methyl sites for hydroxylation is 1. The molecule has 0 amide bonds. The largest absolute Gasteiger partial charge is 0.493 e. The van der Waals surface area contributed by atoms with Crippen LogP contribution in [0.1, 0.15) is 25.3 Å². The lowest BCUT2D eigenvalue weighted by atomic mass is 10.2. The lowest BCUT2D eigenvalue weighted by Gasteiger charge is -2.14. The molecule has 0 aliphatic heterocycles. The first-order valence-corrected chi connectivity index (χ1v) is 5.58. The number of rotatable bonds is 6. The maximum Gasteiger partial charge on any atom is 0.203 e. The maximum absolute atomic E-state index is 5.70. The Morgan fingerprint density at radius 1 is 1.06 bits per heavy atom. The molecule has 1 rings (SSSR count). The molecule has 0 saturated carbocycles. The van der Waals surface area contributed by atoms with Gasteiger partial charge in [0.25, 0.3) is 0 Å². The van der Waals surface area contributed by atoms with Gasteiger partial charge in [-0.2, -0.15) is 0 Å². The molecular formula is C13H20O3. The second-order valence-corrected chi connectivity index (χ2v) is 3.70. The van der Waals surface area contributed by atoms with Crippen LogP contribution in [-0.2, 0) is 0 Å². The van der Waals surface area contributed by atoms with Gasteiger partial charge in [-0.1, -0.05) is 13.3 Å². The van der Waals surface area contributed by atoms with Gasteiger partial charge in [-0.25, -0.2) is 0 Å². The van der Waals surface area contributed by atoms with Crippen LogP contribution in [-0.4, -0.2) is 20.8 Å². The summed E-state index contributed by atoms with van der Waals surface area (Å²) in [5.41, 5.74) is 1.09. The quantitative estimate of drug-likeness (QED) is 0.694. The first kappa shape index (κ1) is 12.7. The standard InChI is InChI=1S/C13H20O3/c1-5-6-7-16-13-11(14-3)8-10(2)9-12(13)15-4/h8-9H,5-7H2,1-4H3. The molecule has 0 aliphatic carbocycles. The molecule has 0 heterocycles. The van der Waals surface area contributed by atoms with Crippen LogP contribution in [0.25, 0.3) is 0 Å². The minimum atomic E-state index is 0.687. The fourth-order valence-corrected chi connectivity index (χ4v) is 1.47. The fraction of sp³-hybridized carbons (Fsp3) is 0.538. The summed E-state index contributed by atoms with van der Waals surface area (Å²) >= 11 is 0. The first-order valence-electron chi connectivity index (χ1n) is 5.58. The lowest BCUT2D eigenvalue weighted by Crippen LogP contribution is -2.01. The van der Waals surface area contributed by atoms with Crippen molar-refractivity contribution in [1.82, 2.24) is 0 Å². The van der Waals surface area contributed by atoms with E-state index >= 15 is 0 Å². The van der Waals surface area contributed by atoms with E-state index in [1.807, 2.05) is 19.1 Å². The van der Waals surface area contributed by atoms with E-state index in [1.54, 1.807) is 14.2 Å². The van der Waals surface area contributed by atoms with Gasteiger partial charge in [-0.15, -0.1) is 0 Å². The number of benzene rings is 1. The third kappa shape index (κ3) is 3.05. The molecule has 0 fully saturated rings. The van der Waals surface area contributed by atoms with Gasteiger partial charge >= 0.3 is 0 Å². The summed E-state index contributed by atoms with van der Waals surface area (Å²) in [5.74, 6) is 2.16. The van der Waals surface area contributed by atoms with Crippen molar-refractivity contribution in [3.63, 3.8) is 0 Å². The second kappa shape index (κ2) is 6.26. The van der Waals surface area contributed by atoms with Crippen LogP contribution >= 0.6 is 0 Å². The molecule has 0 bridgehead atoms. The van der Waals surface area contributed by atoms with Crippen LogP contribution < -0.4 is 14.2 Å². The Morgan fingerprint density at radius 3 is 2.06 bits per heavy atom. The molecule has 0 spiro atoms. The van der Waals surface area contributed by atoms with E-state index < -0.39 is 0 Å². The van der Waals surface area contributed by atoms with Crippen molar-refractivity contribution in [1.29, 1.82) is 0 Å². The molecule has 0 radical (unpaired) electrons. The Labute approximate surface area is 97.3 Å². The van der Waals surface area contributed by atoms with Crippen LogP contribution in [0.5, 0.6) is 17.2 Å². The van der Waals surface area contributed by atoms with E-state index in [-0.39, 0.29) is 0 Å². The Bertz CT molecular complexity index is 309. The molecule has 1 aromatic carbocycles. The highest BCUT2D eigenvalue weighted by atomic mass is 16.5. The van der Waals surface area contributed by atoms with Gasteiger partial charge in [0, 0.05) is 0 Å². The second-order valence-electron chi connectivity index (χ2n) is 3.70. The van der Waals surface area contributed by atoms with Gasteiger partial charge in [-0.05, 0) is 31.0 Å². The third-order valence-corrected chi connectivity index (χ3v) is 2.35. The summed E-state index contributed by atoms with van der Waals surface area (Å²) in [7, 11) is 3.28. The van der Waals surface area contributed by atoms with Gasteiger partial charge in [0.1, 0.15) is 0 Å². The maximum atomic E-state index is 5.70. The number of unbranched alkanes of at least 4 members (excludes halogenated alkanes) is 1. The fourth-order valence-electron chi connectivity index (χ4n) is 1.47. The minimum absolute atomic E-state index is 0.687. The van der Waals surface area contributed by atoms with Crippen LogP contribution in [0.2, 0.25) is 0 Å². The molecule has 0 unspecified atom stereocenters. The van der Waals surface area contributed by atoms with Crippen molar-refractivity contribution in [3.05, 3.63) is 17.7 Å². The van der Waals surface area contributed by atoms with Crippen LogP contribution in [0, 0.1) is 6.92 Å². The van der Waals surface area contributed by atoms with Crippen molar-refractivity contribution in [2.45, 2.75) is 26.7 Å². The smallest absolute Gasteiger partial charge is 0.203 e. The molecule has 3 heteroatoms. The molecule has 16 heavy (non-hydrogen) atoms. The molecule has 3 nitrogen and oxygen atoms in total. The van der Waals surface area contributed by atoms with E-state index in [0.717, 1.165) is 29.9 Å². The zero-order valence-electron chi connectivity index (χ0n) is 10.5. The topological polar surface area (TPSA) is 27.7 Å². The van der Waals surface area contributed by atoms with Crippen LogP contribution in [0.4, 0.5) is 0 Å². The zero-order valence-corrected chi connectivity index (χ0v) is 10.5. The van der Waals surface area contributed by atoms with E-state index in [1.165, 1.54) is 0 Å². The summed E-state index contributed by atoms with van der Waals surface area (Å²) in [4.78, 5) is 0. The number of methoxy groups -OCH3 is 2. The highest BCUT2D eigenvalue weighted by Crippen LogP contribution is 2.38. The third-order valence-electron chi connectivity index (χ3n) is 2.35. The zero-order chi connectivity index (χ0) is 12.0. The molecule has 0 atom stereocenters. The van der Waals surface area contributed by atoms with Crippen molar-refractivity contribution in [2.24, 2.45) is 0 Å². The molecule has 0 saturated heterocycles. The number of hydrogen-bond donors (Lipinski definition) is 0. The minimum Gasteiger partial charge on any atom is -0.493 e. The molecule has 1 aromatic rings. The summed E-state index contributed by atoms with van der Waals surface area (Å²) in [6.07, 6.45) is 2.14. The summed E-state index contributed by atoms with van der Waals surface area (Å²) in [5, 5.41) is 0. The number of hydrogen-bond acceptors (Lipinski definition) is 3. The van der Waals surface area contributed by atoms with E-state index in [0.29, 0.717) is 12.4 Å². The van der Waals surface area contributed by atoms with E-state index in [2.05, 4.69) is 6.92 Å². The number of ether oxygens (including phenoxy) is 3. The van der Waals surface area contributed by atoms with Crippen LogP contribution in [0.3, 0.4) is 0 Å². The van der Waals surface area contributed by atoms with Crippen molar-refractivity contribution in [3.8, 4) is 17.2 Å². The Hall–Kier alpha value is -1.38. The summed E-state index contributed by atoms with van der Waals surface area (Å²) < 4.78 is 16.3. The van der Waals surface area contributed by atoms with E-state index in [4.69, 9.17) is 14.2 Å². The normalized spacial score (nSPS) is 10.0.